The molecule has 24 heavy (non-hydrogen) atoms. The molecule has 0 amide bonds. The van der Waals surface area contributed by atoms with Crippen LogP contribution >= 0.6 is 0 Å². The Morgan fingerprint density at radius 2 is 1.83 bits per heavy atom. The summed E-state index contributed by atoms with van der Waals surface area (Å²) >= 11 is 0. The summed E-state index contributed by atoms with van der Waals surface area (Å²) in [5.74, 6) is 0. The van der Waals surface area contributed by atoms with Crippen molar-refractivity contribution in [1.82, 2.24) is 4.72 Å². The van der Waals surface area contributed by atoms with Gasteiger partial charge in [0.25, 0.3) is 5.69 Å². The molecule has 0 spiro atoms. The van der Waals surface area contributed by atoms with Gasteiger partial charge in [0.1, 0.15) is 0 Å². The topological polar surface area (TPSA) is 89.3 Å². The molecule has 1 atom stereocenters. The van der Waals surface area contributed by atoms with E-state index < -0.39 is 14.9 Å². The van der Waals surface area contributed by atoms with E-state index in [0.717, 1.165) is 18.1 Å². The third-order valence-corrected chi connectivity index (χ3v) is 5.47. The second-order valence-corrected chi connectivity index (χ2v) is 7.44. The molecule has 2 aromatic carbocycles. The number of rotatable bonds is 7. The number of hydrogen-bond donors (Lipinski definition) is 1. The number of nitro benzene ring substituents is 1. The fourth-order valence-corrected chi connectivity index (χ4v) is 3.95. The molecular weight excluding hydrogens is 328 g/mol. The number of nitro groups is 1. The van der Waals surface area contributed by atoms with Crippen molar-refractivity contribution in [2.75, 3.05) is 0 Å². The van der Waals surface area contributed by atoms with Crippen molar-refractivity contribution in [3.8, 4) is 0 Å². The van der Waals surface area contributed by atoms with Gasteiger partial charge in [-0.3, -0.25) is 10.1 Å². The van der Waals surface area contributed by atoms with E-state index >= 15 is 0 Å². The molecule has 2 aromatic rings. The smallest absolute Gasteiger partial charge is 0.258 e. The minimum atomic E-state index is -3.81. The van der Waals surface area contributed by atoms with Crippen molar-refractivity contribution < 1.29 is 13.3 Å². The monoisotopic (exact) mass is 348 g/mol. The molecule has 6 nitrogen and oxygen atoms in total. The van der Waals surface area contributed by atoms with Gasteiger partial charge in [0.15, 0.2) is 0 Å². The van der Waals surface area contributed by atoms with E-state index in [2.05, 4.69) is 4.72 Å². The Bertz CT molecular complexity index is 820. The van der Waals surface area contributed by atoms with E-state index in [4.69, 9.17) is 0 Å². The fraction of sp³-hybridized carbons (Fsp3) is 0.294. The van der Waals surface area contributed by atoms with Gasteiger partial charge < -0.3 is 0 Å². The maximum absolute atomic E-state index is 12.5. The Morgan fingerprint density at radius 1 is 1.17 bits per heavy atom. The van der Waals surface area contributed by atoms with Crippen molar-refractivity contribution in [3.05, 3.63) is 69.8 Å². The van der Waals surface area contributed by atoms with Crippen LogP contribution in [0.25, 0.3) is 0 Å². The Labute approximate surface area is 141 Å². The number of hydrogen-bond acceptors (Lipinski definition) is 4. The molecule has 1 N–H and O–H groups in total. The third kappa shape index (κ3) is 4.62. The predicted molar refractivity (Wildman–Crippen MR) is 92.4 cm³/mol. The molecule has 128 valence electrons. The highest BCUT2D eigenvalue weighted by molar-refractivity contribution is 7.89. The summed E-state index contributed by atoms with van der Waals surface area (Å²) < 4.78 is 27.6. The maximum atomic E-state index is 12.5. The quantitative estimate of drug-likeness (QED) is 0.614. The van der Waals surface area contributed by atoms with Gasteiger partial charge in [0.2, 0.25) is 10.0 Å². The Morgan fingerprint density at radius 3 is 2.46 bits per heavy atom. The van der Waals surface area contributed by atoms with Crippen molar-refractivity contribution in [3.63, 3.8) is 0 Å². The van der Waals surface area contributed by atoms with Crippen LogP contribution < -0.4 is 4.72 Å². The molecule has 0 saturated carbocycles. The van der Waals surface area contributed by atoms with Crippen LogP contribution in [0.3, 0.4) is 0 Å². The second kappa shape index (κ2) is 7.55. The van der Waals surface area contributed by atoms with Gasteiger partial charge in [-0.15, -0.1) is 0 Å². The molecule has 1 unspecified atom stereocenters. The molecule has 0 bridgehead atoms. The number of nitrogens with one attached hydrogen (secondary N) is 1. The van der Waals surface area contributed by atoms with Crippen LogP contribution in [0.4, 0.5) is 5.69 Å². The molecule has 7 heteroatoms. The molecule has 0 aliphatic heterocycles. The normalized spacial score (nSPS) is 12.8. The largest absolute Gasteiger partial charge is 0.270 e. The van der Waals surface area contributed by atoms with Crippen LogP contribution in [-0.4, -0.2) is 19.4 Å². The fourth-order valence-electron chi connectivity index (χ4n) is 2.41. The SMILES string of the molecule is Cc1ccc([N+](=O)[O-])cc1S(=O)(=O)NC(C)CCc1ccccc1. The lowest BCUT2D eigenvalue weighted by molar-refractivity contribution is -0.385. The molecule has 2 rings (SSSR count). The summed E-state index contributed by atoms with van der Waals surface area (Å²) in [4.78, 5) is 10.2. The lowest BCUT2D eigenvalue weighted by Gasteiger charge is -2.15. The van der Waals surface area contributed by atoms with Gasteiger partial charge in [0, 0.05) is 18.2 Å². The van der Waals surface area contributed by atoms with Gasteiger partial charge in [0.05, 0.1) is 9.82 Å². The van der Waals surface area contributed by atoms with Crippen molar-refractivity contribution in [2.45, 2.75) is 37.6 Å². The third-order valence-electron chi connectivity index (χ3n) is 3.74. The summed E-state index contributed by atoms with van der Waals surface area (Å²) in [7, 11) is -3.81. The minimum absolute atomic E-state index is 0.0525. The van der Waals surface area contributed by atoms with Crippen LogP contribution in [0.1, 0.15) is 24.5 Å². The Balaban J connectivity index is 2.10. The predicted octanol–water partition coefficient (Wildman–Crippen LogP) is 3.20. The van der Waals surface area contributed by atoms with Gasteiger partial charge in [-0.25, -0.2) is 13.1 Å². The van der Waals surface area contributed by atoms with E-state index in [1.54, 1.807) is 13.8 Å². The molecule has 0 fully saturated rings. The van der Waals surface area contributed by atoms with Gasteiger partial charge in [-0.05, 0) is 37.8 Å². The number of benzene rings is 2. The van der Waals surface area contributed by atoms with Crippen molar-refractivity contribution >= 4 is 15.7 Å². The van der Waals surface area contributed by atoms with Gasteiger partial charge in [-0.1, -0.05) is 36.4 Å². The number of sulfonamides is 1. The number of nitrogens with zero attached hydrogens (tertiary/aromatic N) is 1. The summed E-state index contributed by atoms with van der Waals surface area (Å²) in [6, 6.07) is 13.4. The Kier molecular flexibility index (Phi) is 5.69. The van der Waals surface area contributed by atoms with Crippen LogP contribution in [0.15, 0.2) is 53.4 Å². The zero-order valence-electron chi connectivity index (χ0n) is 13.6. The average Bonchev–Trinajstić information content (AvgIpc) is 2.53. The van der Waals surface area contributed by atoms with Crippen molar-refractivity contribution in [1.29, 1.82) is 0 Å². The first-order valence-corrected chi connectivity index (χ1v) is 9.09. The standard InChI is InChI=1S/C17H20N2O4S/c1-13-8-11-16(19(20)21)12-17(13)24(22,23)18-14(2)9-10-15-6-4-3-5-7-15/h3-8,11-12,14,18H,9-10H2,1-2H3. The summed E-state index contributed by atoms with van der Waals surface area (Å²) in [6.45, 7) is 3.40. The van der Waals surface area contributed by atoms with Crippen LogP contribution in [0.2, 0.25) is 0 Å². The zero-order valence-corrected chi connectivity index (χ0v) is 14.4. The van der Waals surface area contributed by atoms with Crippen LogP contribution in [-0.2, 0) is 16.4 Å². The molecule has 0 radical (unpaired) electrons. The van der Waals surface area contributed by atoms with Crippen LogP contribution in [0.5, 0.6) is 0 Å². The second-order valence-electron chi connectivity index (χ2n) is 5.75. The highest BCUT2D eigenvalue weighted by Crippen LogP contribution is 2.22. The van der Waals surface area contributed by atoms with Gasteiger partial charge in [-0.2, -0.15) is 0 Å². The Hall–Kier alpha value is -2.25. The first-order valence-electron chi connectivity index (χ1n) is 7.61. The molecule has 0 saturated heterocycles. The highest BCUT2D eigenvalue weighted by Gasteiger charge is 2.22. The van der Waals surface area contributed by atoms with E-state index in [9.17, 15) is 18.5 Å². The maximum Gasteiger partial charge on any atom is 0.270 e. The molecule has 0 aromatic heterocycles. The summed E-state index contributed by atoms with van der Waals surface area (Å²) in [5, 5.41) is 10.9. The van der Waals surface area contributed by atoms with E-state index in [0.29, 0.717) is 12.0 Å². The first kappa shape index (κ1) is 18.1. The van der Waals surface area contributed by atoms with E-state index in [1.165, 1.54) is 12.1 Å². The number of non-ortho nitro benzene ring substituents is 1. The van der Waals surface area contributed by atoms with E-state index in [-0.39, 0.29) is 16.6 Å². The number of aryl methyl sites for hydroxylation is 2. The highest BCUT2D eigenvalue weighted by atomic mass is 32.2. The molecular formula is C17H20N2O4S. The molecule has 0 heterocycles. The lowest BCUT2D eigenvalue weighted by Crippen LogP contribution is -2.33. The minimum Gasteiger partial charge on any atom is -0.258 e. The van der Waals surface area contributed by atoms with Gasteiger partial charge >= 0.3 is 0 Å². The van der Waals surface area contributed by atoms with E-state index in [1.807, 2.05) is 30.3 Å². The van der Waals surface area contributed by atoms with Crippen molar-refractivity contribution in [2.24, 2.45) is 0 Å². The summed E-state index contributed by atoms with van der Waals surface area (Å²) in [5.41, 5.74) is 1.37. The average molecular weight is 348 g/mol. The summed E-state index contributed by atoms with van der Waals surface area (Å²) in [6.07, 6.45) is 1.38. The zero-order chi connectivity index (χ0) is 17.7. The molecule has 0 aliphatic rings. The first-order chi connectivity index (χ1) is 11.3. The molecule has 0 aliphatic carbocycles. The lowest BCUT2D eigenvalue weighted by atomic mass is 10.1. The van der Waals surface area contributed by atoms with Crippen LogP contribution in [0, 0.1) is 17.0 Å².